The van der Waals surface area contributed by atoms with Crippen molar-refractivity contribution in [3.05, 3.63) is 35.9 Å². The number of nitrogens with one attached hydrogen (secondary N) is 1. The van der Waals surface area contributed by atoms with E-state index in [0.717, 1.165) is 38.3 Å². The topological polar surface area (TPSA) is 52.6 Å². The van der Waals surface area contributed by atoms with E-state index < -0.39 is 12.0 Å². The van der Waals surface area contributed by atoms with Gasteiger partial charge in [-0.25, -0.2) is 0 Å². The summed E-state index contributed by atoms with van der Waals surface area (Å²) in [6.45, 7) is 8.83. The van der Waals surface area contributed by atoms with Crippen LogP contribution in [-0.2, 0) is 4.79 Å². The van der Waals surface area contributed by atoms with Gasteiger partial charge in [-0.3, -0.25) is 4.79 Å². The molecule has 4 nitrogen and oxygen atoms in total. The molecule has 0 bridgehead atoms. The molecular weight excluding hydrogens is 372 g/mol. The predicted molar refractivity (Wildman–Crippen MR) is 124 cm³/mol. The van der Waals surface area contributed by atoms with E-state index in [4.69, 9.17) is 0 Å². The van der Waals surface area contributed by atoms with Crippen LogP contribution in [0.5, 0.6) is 0 Å². The molecule has 1 heterocycles. The number of likely N-dealkylation sites (tertiary alicyclic amines) is 1. The van der Waals surface area contributed by atoms with Gasteiger partial charge in [0.15, 0.2) is 0 Å². The Morgan fingerprint density at radius 2 is 1.77 bits per heavy atom. The number of aliphatic carboxylic acids is 1. The van der Waals surface area contributed by atoms with Crippen molar-refractivity contribution >= 4 is 5.97 Å². The van der Waals surface area contributed by atoms with Gasteiger partial charge < -0.3 is 15.3 Å². The smallest absolute Gasteiger partial charge is 0.320 e. The van der Waals surface area contributed by atoms with E-state index in [1.807, 2.05) is 0 Å². The zero-order valence-electron chi connectivity index (χ0n) is 19.1. The highest BCUT2D eigenvalue weighted by atomic mass is 16.4. The van der Waals surface area contributed by atoms with Gasteiger partial charge in [0.05, 0.1) is 0 Å². The number of carboxylic acid groups (broad SMARTS) is 1. The molecule has 4 heteroatoms. The van der Waals surface area contributed by atoms with Gasteiger partial charge in [0.2, 0.25) is 0 Å². The molecule has 168 valence electrons. The quantitative estimate of drug-likeness (QED) is 0.556. The van der Waals surface area contributed by atoms with Crippen LogP contribution in [0.2, 0.25) is 0 Å². The van der Waals surface area contributed by atoms with Crippen molar-refractivity contribution in [1.82, 2.24) is 10.2 Å². The van der Waals surface area contributed by atoms with E-state index in [0.29, 0.717) is 11.8 Å². The molecule has 3 rings (SSSR count). The fourth-order valence-corrected chi connectivity index (χ4v) is 5.65. The van der Waals surface area contributed by atoms with Gasteiger partial charge in [0, 0.05) is 13.1 Å². The third-order valence-corrected chi connectivity index (χ3v) is 7.59. The number of hydrogen-bond donors (Lipinski definition) is 2. The summed E-state index contributed by atoms with van der Waals surface area (Å²) < 4.78 is 0. The molecule has 1 saturated heterocycles. The van der Waals surface area contributed by atoms with E-state index >= 15 is 0 Å². The zero-order valence-corrected chi connectivity index (χ0v) is 19.1. The molecule has 0 amide bonds. The van der Waals surface area contributed by atoms with Crippen molar-refractivity contribution < 1.29 is 9.90 Å². The molecule has 0 radical (unpaired) electrons. The normalized spacial score (nSPS) is 22.5. The van der Waals surface area contributed by atoms with Gasteiger partial charge in [0.25, 0.3) is 0 Å². The van der Waals surface area contributed by atoms with Gasteiger partial charge in [-0.2, -0.15) is 0 Å². The minimum Gasteiger partial charge on any atom is -0.480 e. The standard InChI is InChI=1S/C26H42N2O2/c1-3-24(21-10-6-4-7-11-21)23(19-28-16-14-20(2)15-17-28)18-27-25(26(29)30)22-12-8-5-9-13-22/h4,6-7,10-11,20,22-25,27H,3,5,8-9,12-19H2,1-2H3,(H,29,30)/t23-,24-,25-/m1/s1. The van der Waals surface area contributed by atoms with Crippen LogP contribution in [0.4, 0.5) is 0 Å². The van der Waals surface area contributed by atoms with Crippen molar-refractivity contribution in [2.75, 3.05) is 26.2 Å². The zero-order chi connectivity index (χ0) is 21.3. The second-order valence-corrected chi connectivity index (χ2v) is 9.79. The van der Waals surface area contributed by atoms with Crippen molar-refractivity contribution in [3.63, 3.8) is 0 Å². The van der Waals surface area contributed by atoms with Gasteiger partial charge in [-0.15, -0.1) is 0 Å². The molecule has 3 atom stereocenters. The Kier molecular flexibility index (Phi) is 9.20. The molecule has 0 unspecified atom stereocenters. The first-order valence-electron chi connectivity index (χ1n) is 12.3. The minimum atomic E-state index is -0.666. The second kappa shape index (κ2) is 11.9. The van der Waals surface area contributed by atoms with E-state index in [9.17, 15) is 9.90 Å². The molecule has 0 spiro atoms. The van der Waals surface area contributed by atoms with Gasteiger partial charge >= 0.3 is 5.97 Å². The summed E-state index contributed by atoms with van der Waals surface area (Å²) in [4.78, 5) is 14.7. The lowest BCUT2D eigenvalue weighted by molar-refractivity contribution is -0.141. The average molecular weight is 415 g/mol. The van der Waals surface area contributed by atoms with Crippen LogP contribution < -0.4 is 5.32 Å². The van der Waals surface area contributed by atoms with Crippen molar-refractivity contribution in [1.29, 1.82) is 0 Å². The molecular formula is C26H42N2O2. The maximum Gasteiger partial charge on any atom is 0.320 e. The lowest BCUT2D eigenvalue weighted by Crippen LogP contribution is -2.48. The largest absolute Gasteiger partial charge is 0.480 e. The fraction of sp³-hybridized carbons (Fsp3) is 0.731. The summed E-state index contributed by atoms with van der Waals surface area (Å²) >= 11 is 0. The summed E-state index contributed by atoms with van der Waals surface area (Å²) in [6.07, 6.45) is 9.35. The average Bonchev–Trinajstić information content (AvgIpc) is 2.77. The molecule has 1 saturated carbocycles. The summed E-state index contributed by atoms with van der Waals surface area (Å²) in [7, 11) is 0. The van der Waals surface area contributed by atoms with E-state index in [1.54, 1.807) is 0 Å². The summed E-state index contributed by atoms with van der Waals surface area (Å²) in [5, 5.41) is 13.5. The first-order valence-corrected chi connectivity index (χ1v) is 12.3. The number of hydrogen-bond acceptors (Lipinski definition) is 3. The van der Waals surface area contributed by atoms with Crippen LogP contribution in [0.15, 0.2) is 30.3 Å². The number of piperidine rings is 1. The van der Waals surface area contributed by atoms with Crippen LogP contribution in [-0.4, -0.2) is 48.2 Å². The lowest BCUT2D eigenvalue weighted by Gasteiger charge is -2.37. The number of benzene rings is 1. The maximum absolute atomic E-state index is 12.1. The highest BCUT2D eigenvalue weighted by molar-refractivity contribution is 5.73. The molecule has 1 aliphatic heterocycles. The highest BCUT2D eigenvalue weighted by Gasteiger charge is 2.32. The fourth-order valence-electron chi connectivity index (χ4n) is 5.65. The van der Waals surface area contributed by atoms with Crippen LogP contribution in [0.3, 0.4) is 0 Å². The molecule has 1 aliphatic carbocycles. The summed E-state index contributed by atoms with van der Waals surface area (Å²) in [5.41, 5.74) is 1.39. The number of carbonyl (C=O) groups is 1. The predicted octanol–water partition coefficient (Wildman–Crippen LogP) is 5.15. The van der Waals surface area contributed by atoms with Crippen molar-refractivity contribution in [3.8, 4) is 0 Å². The SMILES string of the molecule is CC[C@H](c1ccccc1)[C@H](CN[C@@H](C(=O)O)C1CCCCC1)CN1CCC(C)CC1. The molecule has 2 aliphatic rings. The Balaban J connectivity index is 1.71. The monoisotopic (exact) mass is 414 g/mol. The number of carboxylic acids is 1. The second-order valence-electron chi connectivity index (χ2n) is 9.79. The third kappa shape index (κ3) is 6.55. The molecule has 2 N–H and O–H groups in total. The Labute approximate surface area is 183 Å². The van der Waals surface area contributed by atoms with Crippen molar-refractivity contribution in [2.24, 2.45) is 17.8 Å². The first kappa shape index (κ1) is 23.3. The van der Waals surface area contributed by atoms with Gasteiger partial charge in [-0.05, 0) is 74.4 Å². The number of rotatable bonds is 10. The van der Waals surface area contributed by atoms with Crippen LogP contribution in [0.1, 0.15) is 76.7 Å². The molecule has 1 aromatic rings. The first-order chi connectivity index (χ1) is 14.6. The Bertz CT molecular complexity index is 621. The summed E-state index contributed by atoms with van der Waals surface area (Å²) in [5.74, 6) is 1.33. The minimum absolute atomic E-state index is 0.282. The molecule has 2 fully saturated rings. The van der Waals surface area contributed by atoms with Gasteiger partial charge in [0.1, 0.15) is 6.04 Å². The maximum atomic E-state index is 12.1. The molecule has 0 aromatic heterocycles. The van der Waals surface area contributed by atoms with Crippen LogP contribution in [0.25, 0.3) is 0 Å². The van der Waals surface area contributed by atoms with Crippen LogP contribution in [0, 0.1) is 17.8 Å². The Morgan fingerprint density at radius 1 is 1.10 bits per heavy atom. The molecule has 30 heavy (non-hydrogen) atoms. The van der Waals surface area contributed by atoms with Crippen molar-refractivity contribution in [2.45, 2.75) is 77.2 Å². The van der Waals surface area contributed by atoms with E-state index in [2.05, 4.69) is 54.4 Å². The molecule has 1 aromatic carbocycles. The summed E-state index contributed by atoms with van der Waals surface area (Å²) in [6, 6.07) is 10.4. The Morgan fingerprint density at radius 3 is 2.37 bits per heavy atom. The number of nitrogens with zero attached hydrogens (tertiary/aromatic N) is 1. The third-order valence-electron chi connectivity index (χ3n) is 7.59. The highest BCUT2D eigenvalue weighted by Crippen LogP contribution is 2.31. The Hall–Kier alpha value is -1.39. The van der Waals surface area contributed by atoms with Crippen LogP contribution >= 0.6 is 0 Å². The van der Waals surface area contributed by atoms with Gasteiger partial charge in [-0.1, -0.05) is 63.4 Å². The van der Waals surface area contributed by atoms with E-state index in [-0.39, 0.29) is 5.92 Å². The van der Waals surface area contributed by atoms with E-state index in [1.165, 1.54) is 50.8 Å². The lowest BCUT2D eigenvalue weighted by atomic mass is 9.81.